The van der Waals surface area contributed by atoms with Crippen LogP contribution in [0.1, 0.15) is 32.3 Å². The summed E-state index contributed by atoms with van der Waals surface area (Å²) in [5, 5.41) is 12.0. The second kappa shape index (κ2) is 7.95. The number of hydrogen-bond acceptors (Lipinski definition) is 3. The highest BCUT2D eigenvalue weighted by Crippen LogP contribution is 2.20. The van der Waals surface area contributed by atoms with Crippen molar-refractivity contribution in [1.29, 1.82) is 0 Å². The Morgan fingerprint density at radius 3 is 2.50 bits per heavy atom. The van der Waals surface area contributed by atoms with Crippen LogP contribution in [-0.2, 0) is 20.8 Å². The molecule has 2 rings (SSSR count). The van der Waals surface area contributed by atoms with E-state index in [1.54, 1.807) is 0 Å². The Kier molecular flexibility index (Phi) is 5.95. The van der Waals surface area contributed by atoms with Gasteiger partial charge in [-0.1, -0.05) is 44.2 Å². The number of hydrogen-bond donors (Lipinski definition) is 2. The topological polar surface area (TPSA) is 86.7 Å². The van der Waals surface area contributed by atoms with Crippen LogP contribution in [-0.4, -0.2) is 46.4 Å². The molecule has 2 N–H and O–H groups in total. The molecule has 1 fully saturated rings. The molecule has 0 saturated carbocycles. The van der Waals surface area contributed by atoms with Crippen LogP contribution in [0.15, 0.2) is 30.3 Å². The van der Waals surface area contributed by atoms with Crippen LogP contribution in [0.3, 0.4) is 0 Å². The van der Waals surface area contributed by atoms with Crippen LogP contribution in [0.5, 0.6) is 0 Å². The van der Waals surface area contributed by atoms with Crippen LogP contribution >= 0.6 is 0 Å². The molecule has 1 aromatic carbocycles. The van der Waals surface area contributed by atoms with Crippen molar-refractivity contribution in [3.05, 3.63) is 35.9 Å². The number of nitrogens with zero attached hydrogens (tertiary/aromatic N) is 1. The first kappa shape index (κ1) is 18.0. The van der Waals surface area contributed by atoms with Crippen LogP contribution < -0.4 is 5.32 Å². The van der Waals surface area contributed by atoms with E-state index in [-0.39, 0.29) is 24.2 Å². The van der Waals surface area contributed by atoms with Gasteiger partial charge in [0.25, 0.3) is 0 Å². The molecule has 0 bridgehead atoms. The number of likely N-dealkylation sites (tertiary alicyclic amines) is 1. The second-order valence-electron chi connectivity index (χ2n) is 6.48. The molecule has 1 aromatic rings. The molecule has 0 radical (unpaired) electrons. The van der Waals surface area contributed by atoms with Gasteiger partial charge in [0.15, 0.2) is 0 Å². The van der Waals surface area contributed by atoms with E-state index in [4.69, 9.17) is 0 Å². The first-order valence-corrected chi connectivity index (χ1v) is 8.26. The van der Waals surface area contributed by atoms with Gasteiger partial charge in [-0.2, -0.15) is 0 Å². The number of benzene rings is 1. The van der Waals surface area contributed by atoms with Crippen molar-refractivity contribution in [2.24, 2.45) is 5.92 Å². The third kappa shape index (κ3) is 4.34. The quantitative estimate of drug-likeness (QED) is 0.825. The van der Waals surface area contributed by atoms with Crippen molar-refractivity contribution < 1.29 is 19.5 Å². The summed E-state index contributed by atoms with van der Waals surface area (Å²) >= 11 is 0. The molecular formula is C18H24N2O4. The Balaban J connectivity index is 2.04. The van der Waals surface area contributed by atoms with Crippen LogP contribution in [0.2, 0.25) is 0 Å². The molecule has 130 valence electrons. The van der Waals surface area contributed by atoms with E-state index < -0.39 is 18.1 Å². The largest absolute Gasteiger partial charge is 0.480 e. The number of amides is 2. The van der Waals surface area contributed by atoms with E-state index in [1.165, 1.54) is 4.90 Å². The lowest BCUT2D eigenvalue weighted by Crippen LogP contribution is -2.54. The molecule has 1 saturated heterocycles. The molecule has 1 aliphatic rings. The summed E-state index contributed by atoms with van der Waals surface area (Å²) in [7, 11) is 0. The number of aliphatic carboxylic acids is 1. The molecule has 0 aliphatic carbocycles. The standard InChI is InChI=1S/C18H24N2O4/c1-12(2)16(17(22)20-10-6-9-14(20)18(23)24)19-15(21)11-13-7-4-3-5-8-13/h3-5,7-8,12,14,16H,6,9-11H2,1-2H3,(H,19,21)(H,23,24)/t14-,16?/m0/s1. The molecule has 1 heterocycles. The van der Waals surface area contributed by atoms with Gasteiger partial charge in [0, 0.05) is 6.54 Å². The SMILES string of the molecule is CC(C)C(NC(=O)Cc1ccccc1)C(=O)N1CCC[C@H]1C(=O)O. The van der Waals surface area contributed by atoms with Crippen molar-refractivity contribution in [2.45, 2.75) is 45.2 Å². The Labute approximate surface area is 141 Å². The van der Waals surface area contributed by atoms with E-state index in [0.717, 1.165) is 5.56 Å². The van der Waals surface area contributed by atoms with E-state index in [1.807, 2.05) is 44.2 Å². The molecule has 0 aromatic heterocycles. The Morgan fingerprint density at radius 1 is 1.25 bits per heavy atom. The first-order chi connectivity index (χ1) is 11.4. The normalized spacial score (nSPS) is 18.5. The first-order valence-electron chi connectivity index (χ1n) is 8.26. The third-order valence-electron chi connectivity index (χ3n) is 4.28. The smallest absolute Gasteiger partial charge is 0.326 e. The Hall–Kier alpha value is -2.37. The molecule has 24 heavy (non-hydrogen) atoms. The van der Waals surface area contributed by atoms with Gasteiger partial charge in [-0.25, -0.2) is 4.79 Å². The number of carbonyl (C=O) groups excluding carboxylic acids is 2. The lowest BCUT2D eigenvalue weighted by atomic mass is 10.0. The zero-order valence-corrected chi connectivity index (χ0v) is 14.1. The van der Waals surface area contributed by atoms with Gasteiger partial charge >= 0.3 is 5.97 Å². The van der Waals surface area contributed by atoms with Gasteiger partial charge in [-0.3, -0.25) is 9.59 Å². The monoisotopic (exact) mass is 332 g/mol. The van der Waals surface area contributed by atoms with E-state index in [0.29, 0.717) is 19.4 Å². The number of rotatable bonds is 6. The average molecular weight is 332 g/mol. The van der Waals surface area contributed by atoms with Crippen LogP contribution in [0.25, 0.3) is 0 Å². The number of nitrogens with one attached hydrogen (secondary N) is 1. The van der Waals surface area contributed by atoms with Crippen molar-refractivity contribution in [2.75, 3.05) is 6.54 Å². The van der Waals surface area contributed by atoms with Gasteiger partial charge in [0.05, 0.1) is 6.42 Å². The lowest BCUT2D eigenvalue weighted by Gasteiger charge is -2.29. The maximum Gasteiger partial charge on any atom is 0.326 e. The zero-order chi connectivity index (χ0) is 17.7. The number of carboxylic acid groups (broad SMARTS) is 1. The predicted molar refractivity (Wildman–Crippen MR) is 89.3 cm³/mol. The summed E-state index contributed by atoms with van der Waals surface area (Å²) in [4.78, 5) is 37.7. The molecule has 6 heteroatoms. The molecular weight excluding hydrogens is 308 g/mol. The van der Waals surface area contributed by atoms with Gasteiger partial charge in [0.2, 0.25) is 11.8 Å². The van der Waals surface area contributed by atoms with Crippen molar-refractivity contribution in [1.82, 2.24) is 10.2 Å². The average Bonchev–Trinajstić information content (AvgIpc) is 3.02. The van der Waals surface area contributed by atoms with E-state index in [2.05, 4.69) is 5.32 Å². The van der Waals surface area contributed by atoms with E-state index >= 15 is 0 Å². The fraction of sp³-hybridized carbons (Fsp3) is 0.500. The summed E-state index contributed by atoms with van der Waals surface area (Å²) < 4.78 is 0. The molecule has 6 nitrogen and oxygen atoms in total. The summed E-state index contributed by atoms with van der Waals surface area (Å²) in [6.07, 6.45) is 1.33. The van der Waals surface area contributed by atoms with Gasteiger partial charge in [-0.15, -0.1) is 0 Å². The van der Waals surface area contributed by atoms with Gasteiger partial charge in [-0.05, 0) is 24.3 Å². The summed E-state index contributed by atoms with van der Waals surface area (Å²) in [5.41, 5.74) is 0.870. The van der Waals surface area contributed by atoms with Crippen molar-refractivity contribution >= 4 is 17.8 Å². The fourth-order valence-electron chi connectivity index (χ4n) is 2.99. The maximum absolute atomic E-state index is 12.7. The minimum absolute atomic E-state index is 0.118. The molecule has 1 aliphatic heterocycles. The maximum atomic E-state index is 12.7. The fourth-order valence-corrected chi connectivity index (χ4v) is 2.99. The molecule has 2 amide bonds. The minimum Gasteiger partial charge on any atom is -0.480 e. The third-order valence-corrected chi connectivity index (χ3v) is 4.28. The highest BCUT2D eigenvalue weighted by Gasteiger charge is 2.38. The van der Waals surface area contributed by atoms with Crippen molar-refractivity contribution in [3.63, 3.8) is 0 Å². The van der Waals surface area contributed by atoms with Crippen LogP contribution in [0.4, 0.5) is 0 Å². The molecule has 1 unspecified atom stereocenters. The highest BCUT2D eigenvalue weighted by molar-refractivity contribution is 5.91. The minimum atomic E-state index is -0.987. The van der Waals surface area contributed by atoms with Gasteiger partial charge < -0.3 is 15.3 Å². The second-order valence-corrected chi connectivity index (χ2v) is 6.48. The summed E-state index contributed by atoms with van der Waals surface area (Å²) in [6, 6.07) is 7.80. The van der Waals surface area contributed by atoms with E-state index in [9.17, 15) is 19.5 Å². The summed E-state index contributed by atoms with van der Waals surface area (Å²) in [5.74, 6) is -1.65. The predicted octanol–water partition coefficient (Wildman–Crippen LogP) is 1.45. The van der Waals surface area contributed by atoms with Gasteiger partial charge in [0.1, 0.15) is 12.1 Å². The Morgan fingerprint density at radius 2 is 1.92 bits per heavy atom. The van der Waals surface area contributed by atoms with Crippen molar-refractivity contribution in [3.8, 4) is 0 Å². The zero-order valence-electron chi connectivity index (χ0n) is 14.1. The highest BCUT2D eigenvalue weighted by atomic mass is 16.4. The number of carbonyl (C=O) groups is 3. The summed E-state index contributed by atoms with van der Waals surface area (Å²) in [6.45, 7) is 4.11. The number of carboxylic acids is 1. The van der Waals surface area contributed by atoms with Crippen LogP contribution in [0, 0.1) is 5.92 Å². The Bertz CT molecular complexity index is 600. The molecule has 0 spiro atoms. The lowest BCUT2D eigenvalue weighted by molar-refractivity contribution is -0.149. The molecule has 2 atom stereocenters.